The molecule has 1 aromatic heterocycles. The number of carbonyl (C=O) groups is 1. The molecule has 1 aromatic carbocycles. The van der Waals surface area contributed by atoms with Crippen LogP contribution in [-0.4, -0.2) is 49.7 Å². The molecule has 1 unspecified atom stereocenters. The highest BCUT2D eigenvalue weighted by Gasteiger charge is 2.44. The molecule has 0 spiro atoms. The molecular formula is C19H24FN3O2S. The number of amides is 1. The summed E-state index contributed by atoms with van der Waals surface area (Å²) >= 11 is 1.71. The van der Waals surface area contributed by atoms with Crippen molar-refractivity contribution in [3.8, 4) is 0 Å². The molecule has 2 heterocycles. The fourth-order valence-electron chi connectivity index (χ4n) is 3.27. The Balaban J connectivity index is 1.74. The van der Waals surface area contributed by atoms with Gasteiger partial charge < -0.3 is 15.4 Å². The van der Waals surface area contributed by atoms with Gasteiger partial charge in [0.25, 0.3) is 0 Å². The van der Waals surface area contributed by atoms with Crippen molar-refractivity contribution < 1.29 is 13.9 Å². The van der Waals surface area contributed by atoms with Crippen molar-refractivity contribution in [3.63, 3.8) is 0 Å². The summed E-state index contributed by atoms with van der Waals surface area (Å²) in [7, 11) is 1.60. The summed E-state index contributed by atoms with van der Waals surface area (Å²) in [5, 5.41) is 8.29. The first-order chi connectivity index (χ1) is 12.6. The highest BCUT2D eigenvalue weighted by molar-refractivity contribution is 7.09. The summed E-state index contributed by atoms with van der Waals surface area (Å²) in [6.07, 6.45) is 0.660. The zero-order valence-electron chi connectivity index (χ0n) is 14.8. The van der Waals surface area contributed by atoms with Crippen molar-refractivity contribution in [3.05, 3.63) is 52.5 Å². The summed E-state index contributed by atoms with van der Waals surface area (Å²) in [5.41, 5.74) is -0.163. The van der Waals surface area contributed by atoms with Crippen molar-refractivity contribution >= 4 is 22.9 Å². The quantitative estimate of drug-likeness (QED) is 0.695. The van der Waals surface area contributed by atoms with Crippen LogP contribution in [0.15, 0.2) is 41.8 Å². The van der Waals surface area contributed by atoms with Gasteiger partial charge in [0.15, 0.2) is 0 Å². The number of carbonyl (C=O) groups excluding carboxylic acids is 1. The molecule has 1 fully saturated rings. The first-order valence-electron chi connectivity index (χ1n) is 8.67. The maximum atomic E-state index is 13.6. The molecule has 1 aliphatic rings. The average Bonchev–Trinajstić information content (AvgIpc) is 3.26. The molecule has 2 aromatic rings. The fourth-order valence-corrected chi connectivity index (χ4v) is 4.02. The lowest BCUT2D eigenvalue weighted by atomic mass is 9.96. The van der Waals surface area contributed by atoms with Crippen LogP contribution in [0.1, 0.15) is 11.3 Å². The van der Waals surface area contributed by atoms with E-state index in [1.54, 1.807) is 30.6 Å². The smallest absolute Gasteiger partial charge is 0.247 e. The number of anilines is 1. The maximum absolute atomic E-state index is 13.6. The zero-order chi connectivity index (χ0) is 18.4. The van der Waals surface area contributed by atoms with Gasteiger partial charge in [0.2, 0.25) is 5.91 Å². The van der Waals surface area contributed by atoms with Crippen LogP contribution in [0.3, 0.4) is 0 Å². The summed E-state index contributed by atoms with van der Waals surface area (Å²) in [4.78, 5) is 16.5. The lowest BCUT2D eigenvalue weighted by Crippen LogP contribution is -2.54. The van der Waals surface area contributed by atoms with E-state index in [0.29, 0.717) is 31.8 Å². The van der Waals surface area contributed by atoms with E-state index in [-0.39, 0.29) is 11.7 Å². The van der Waals surface area contributed by atoms with E-state index in [2.05, 4.69) is 27.0 Å². The Morgan fingerprint density at radius 1 is 1.38 bits per heavy atom. The molecule has 7 heteroatoms. The number of hydrogen-bond donors (Lipinski definition) is 2. The Hall–Kier alpha value is -1.96. The number of methoxy groups -OCH3 is 1. The maximum Gasteiger partial charge on any atom is 0.247 e. The molecule has 1 amide bonds. The molecule has 1 aliphatic heterocycles. The Bertz CT molecular complexity index is 725. The number of halogens is 1. The van der Waals surface area contributed by atoms with Gasteiger partial charge in [0.05, 0.1) is 6.61 Å². The lowest BCUT2D eigenvalue weighted by Gasteiger charge is -2.30. The molecule has 0 aliphatic carbocycles. The second kappa shape index (κ2) is 8.62. The van der Waals surface area contributed by atoms with Crippen LogP contribution in [0, 0.1) is 5.82 Å². The summed E-state index contributed by atoms with van der Waals surface area (Å²) < 4.78 is 18.6. The molecule has 26 heavy (non-hydrogen) atoms. The van der Waals surface area contributed by atoms with E-state index in [1.807, 2.05) is 6.07 Å². The van der Waals surface area contributed by atoms with Gasteiger partial charge in [-0.15, -0.1) is 11.3 Å². The molecule has 1 atom stereocenters. The monoisotopic (exact) mass is 377 g/mol. The van der Waals surface area contributed by atoms with Gasteiger partial charge in [-0.2, -0.15) is 0 Å². The van der Waals surface area contributed by atoms with E-state index in [0.717, 1.165) is 13.1 Å². The lowest BCUT2D eigenvalue weighted by molar-refractivity contribution is -0.125. The molecular weight excluding hydrogens is 353 g/mol. The van der Waals surface area contributed by atoms with Crippen molar-refractivity contribution in [2.24, 2.45) is 0 Å². The van der Waals surface area contributed by atoms with Crippen LogP contribution in [-0.2, 0) is 16.1 Å². The number of nitrogens with one attached hydrogen (secondary N) is 2. The Kier molecular flexibility index (Phi) is 6.24. The predicted molar refractivity (Wildman–Crippen MR) is 102 cm³/mol. The molecule has 2 N–H and O–H groups in total. The van der Waals surface area contributed by atoms with Crippen LogP contribution in [0.2, 0.25) is 0 Å². The van der Waals surface area contributed by atoms with Crippen LogP contribution in [0.25, 0.3) is 0 Å². The second-order valence-electron chi connectivity index (χ2n) is 6.51. The molecule has 140 valence electrons. The Labute approximate surface area is 157 Å². The highest BCUT2D eigenvalue weighted by Crippen LogP contribution is 2.29. The van der Waals surface area contributed by atoms with Crippen LogP contribution in [0.5, 0.6) is 0 Å². The summed E-state index contributed by atoms with van der Waals surface area (Å²) in [6.45, 7) is 3.10. The number of nitrogens with zero attached hydrogens (tertiary/aromatic N) is 1. The SMILES string of the molecule is COCCNC(=O)C1(Nc2cccc(F)c2)CCN(Cc2cccs2)C1. The molecule has 0 radical (unpaired) electrons. The van der Waals surface area contributed by atoms with Crippen molar-refractivity contribution in [1.82, 2.24) is 10.2 Å². The number of ether oxygens (including phenoxy) is 1. The highest BCUT2D eigenvalue weighted by atomic mass is 32.1. The third-order valence-corrected chi connectivity index (χ3v) is 5.40. The van der Waals surface area contributed by atoms with Gasteiger partial charge in [-0.05, 0) is 36.1 Å². The first kappa shape index (κ1) is 18.8. The summed E-state index contributed by atoms with van der Waals surface area (Å²) in [5.74, 6) is -0.397. The standard InChI is InChI=1S/C19H24FN3O2S/c1-25-10-8-21-18(24)19(22-16-5-2-4-15(20)12-16)7-9-23(14-19)13-17-6-3-11-26-17/h2-6,11-12,22H,7-10,13-14H2,1H3,(H,21,24). The Morgan fingerprint density at radius 3 is 3.00 bits per heavy atom. The Morgan fingerprint density at radius 2 is 2.27 bits per heavy atom. The van der Waals surface area contributed by atoms with E-state index in [9.17, 15) is 9.18 Å². The fraction of sp³-hybridized carbons (Fsp3) is 0.421. The van der Waals surface area contributed by atoms with Crippen LogP contribution >= 0.6 is 11.3 Å². The normalized spacial score (nSPS) is 20.2. The molecule has 0 saturated carbocycles. The number of benzene rings is 1. The molecule has 3 rings (SSSR count). The molecule has 1 saturated heterocycles. The van der Waals surface area contributed by atoms with Gasteiger partial charge in [-0.3, -0.25) is 9.69 Å². The van der Waals surface area contributed by atoms with E-state index >= 15 is 0 Å². The van der Waals surface area contributed by atoms with E-state index in [4.69, 9.17) is 4.74 Å². The zero-order valence-corrected chi connectivity index (χ0v) is 15.7. The minimum absolute atomic E-state index is 0.0764. The van der Waals surface area contributed by atoms with Gasteiger partial charge >= 0.3 is 0 Å². The van der Waals surface area contributed by atoms with Crippen molar-refractivity contribution in [2.75, 3.05) is 38.7 Å². The third kappa shape index (κ3) is 4.60. The van der Waals surface area contributed by atoms with Gasteiger partial charge in [-0.1, -0.05) is 12.1 Å². The molecule has 0 bridgehead atoms. The van der Waals surface area contributed by atoms with Gasteiger partial charge in [-0.25, -0.2) is 4.39 Å². The van der Waals surface area contributed by atoms with Crippen LogP contribution in [0.4, 0.5) is 10.1 Å². The minimum Gasteiger partial charge on any atom is -0.383 e. The number of rotatable bonds is 8. The topological polar surface area (TPSA) is 53.6 Å². The first-order valence-corrected chi connectivity index (χ1v) is 9.55. The summed E-state index contributed by atoms with van der Waals surface area (Å²) in [6, 6.07) is 10.4. The number of thiophene rings is 1. The van der Waals surface area contributed by atoms with Crippen LogP contribution < -0.4 is 10.6 Å². The van der Waals surface area contributed by atoms with Crippen molar-refractivity contribution in [1.29, 1.82) is 0 Å². The minimum atomic E-state index is -0.779. The van der Waals surface area contributed by atoms with E-state index in [1.165, 1.54) is 17.0 Å². The predicted octanol–water partition coefficient (Wildman–Crippen LogP) is 2.71. The van der Waals surface area contributed by atoms with Gasteiger partial charge in [0, 0.05) is 43.9 Å². The van der Waals surface area contributed by atoms with Gasteiger partial charge in [0.1, 0.15) is 11.4 Å². The number of hydrogen-bond acceptors (Lipinski definition) is 5. The second-order valence-corrected chi connectivity index (χ2v) is 7.54. The average molecular weight is 377 g/mol. The third-order valence-electron chi connectivity index (χ3n) is 4.54. The van der Waals surface area contributed by atoms with Crippen molar-refractivity contribution in [2.45, 2.75) is 18.5 Å². The largest absolute Gasteiger partial charge is 0.383 e. The van der Waals surface area contributed by atoms with E-state index < -0.39 is 5.54 Å². The number of likely N-dealkylation sites (tertiary alicyclic amines) is 1. The molecule has 5 nitrogen and oxygen atoms in total.